The molecule has 0 amide bonds. The molecule has 0 aromatic heterocycles. The van der Waals surface area contributed by atoms with E-state index in [0.29, 0.717) is 0 Å². The van der Waals surface area contributed by atoms with E-state index in [4.69, 9.17) is 5.11 Å². The van der Waals surface area contributed by atoms with E-state index in [1.807, 2.05) is 45.9 Å². The number of hydrogen-bond donors (Lipinski definition) is 1. The van der Waals surface area contributed by atoms with Gasteiger partial charge >= 0.3 is 5.97 Å². The molecule has 0 unspecified atom stereocenters. The molecule has 0 saturated carbocycles. The second-order valence-electron chi connectivity index (χ2n) is 4.72. The molecular formula is C13H18O2. The molecule has 1 aromatic carbocycles. The molecule has 0 heterocycles. The quantitative estimate of drug-likeness (QED) is 0.825. The van der Waals surface area contributed by atoms with Gasteiger partial charge in [0.25, 0.3) is 0 Å². The fraction of sp³-hybridized carbons (Fsp3) is 0.462. The Morgan fingerprint density at radius 3 is 2.13 bits per heavy atom. The predicted molar refractivity (Wildman–Crippen MR) is 61.2 cm³/mol. The third kappa shape index (κ3) is 2.58. The summed E-state index contributed by atoms with van der Waals surface area (Å²) in [4.78, 5) is 10.8. The summed E-state index contributed by atoms with van der Waals surface area (Å²) in [5.41, 5.74) is 3.19. The van der Waals surface area contributed by atoms with Gasteiger partial charge in [-0.2, -0.15) is 0 Å². The SMILES string of the molecule is Cc1cccc(C)c1C(C)(C)CC(=O)O. The van der Waals surface area contributed by atoms with E-state index < -0.39 is 5.97 Å². The molecule has 1 N–H and O–H groups in total. The van der Waals surface area contributed by atoms with Gasteiger partial charge in [-0.25, -0.2) is 0 Å². The number of aryl methyl sites for hydroxylation is 2. The van der Waals surface area contributed by atoms with Crippen molar-refractivity contribution in [3.8, 4) is 0 Å². The Labute approximate surface area is 90.9 Å². The molecule has 0 aliphatic rings. The van der Waals surface area contributed by atoms with Gasteiger partial charge in [0, 0.05) is 5.41 Å². The molecule has 1 rings (SSSR count). The molecule has 0 aliphatic carbocycles. The standard InChI is InChI=1S/C13H18O2/c1-9-6-5-7-10(2)12(9)13(3,4)8-11(14)15/h5-7H,8H2,1-4H3,(H,14,15). The maximum atomic E-state index is 10.8. The molecule has 2 nitrogen and oxygen atoms in total. The molecule has 15 heavy (non-hydrogen) atoms. The molecule has 2 heteroatoms. The van der Waals surface area contributed by atoms with E-state index in [1.54, 1.807) is 0 Å². The summed E-state index contributed by atoms with van der Waals surface area (Å²) < 4.78 is 0. The normalized spacial score (nSPS) is 11.5. The molecule has 82 valence electrons. The zero-order chi connectivity index (χ0) is 11.6. The van der Waals surface area contributed by atoms with Crippen molar-refractivity contribution in [2.24, 2.45) is 0 Å². The largest absolute Gasteiger partial charge is 0.481 e. The molecule has 0 aliphatic heterocycles. The molecule has 0 atom stereocenters. The second-order valence-corrected chi connectivity index (χ2v) is 4.72. The van der Waals surface area contributed by atoms with Crippen LogP contribution in [0.3, 0.4) is 0 Å². The van der Waals surface area contributed by atoms with E-state index in [2.05, 4.69) is 0 Å². The average molecular weight is 206 g/mol. The first-order valence-corrected chi connectivity index (χ1v) is 5.13. The van der Waals surface area contributed by atoms with Crippen LogP contribution in [0.1, 0.15) is 37.0 Å². The Morgan fingerprint density at radius 1 is 1.27 bits per heavy atom. The van der Waals surface area contributed by atoms with Gasteiger partial charge in [0.1, 0.15) is 0 Å². The zero-order valence-electron chi connectivity index (χ0n) is 9.79. The highest BCUT2D eigenvalue weighted by Gasteiger charge is 2.26. The minimum absolute atomic E-state index is 0.165. The highest BCUT2D eigenvalue weighted by atomic mass is 16.4. The lowest BCUT2D eigenvalue weighted by Gasteiger charge is -2.27. The van der Waals surface area contributed by atoms with Gasteiger partial charge < -0.3 is 5.11 Å². The van der Waals surface area contributed by atoms with E-state index in [-0.39, 0.29) is 11.8 Å². The van der Waals surface area contributed by atoms with Crippen molar-refractivity contribution < 1.29 is 9.90 Å². The summed E-state index contributed by atoms with van der Waals surface area (Å²) in [6.45, 7) is 8.03. The number of carboxylic acid groups (broad SMARTS) is 1. The Hall–Kier alpha value is -1.31. The highest BCUT2D eigenvalue weighted by Crippen LogP contribution is 2.32. The van der Waals surface area contributed by atoms with Crippen LogP contribution in [0.4, 0.5) is 0 Å². The Balaban J connectivity index is 3.19. The lowest BCUT2D eigenvalue weighted by Crippen LogP contribution is -2.23. The maximum Gasteiger partial charge on any atom is 0.304 e. The Kier molecular flexibility index (Phi) is 3.18. The first-order chi connectivity index (χ1) is 6.84. The fourth-order valence-electron chi connectivity index (χ4n) is 2.35. The van der Waals surface area contributed by atoms with Crippen LogP contribution in [0.2, 0.25) is 0 Å². The molecular weight excluding hydrogens is 188 g/mol. The van der Waals surface area contributed by atoms with Crippen LogP contribution in [0, 0.1) is 13.8 Å². The number of rotatable bonds is 3. The zero-order valence-corrected chi connectivity index (χ0v) is 9.79. The molecule has 0 saturated heterocycles. The summed E-state index contributed by atoms with van der Waals surface area (Å²) in [7, 11) is 0. The van der Waals surface area contributed by atoms with Crippen LogP contribution in [0.15, 0.2) is 18.2 Å². The highest BCUT2D eigenvalue weighted by molar-refractivity contribution is 5.69. The van der Waals surface area contributed by atoms with Crippen molar-refractivity contribution in [2.75, 3.05) is 0 Å². The van der Waals surface area contributed by atoms with E-state index >= 15 is 0 Å². The van der Waals surface area contributed by atoms with Gasteiger partial charge in [-0.1, -0.05) is 32.0 Å². The first kappa shape index (κ1) is 11.8. The molecule has 0 bridgehead atoms. The van der Waals surface area contributed by atoms with Gasteiger partial charge in [-0.05, 0) is 30.5 Å². The van der Waals surface area contributed by atoms with E-state index in [0.717, 1.165) is 5.56 Å². The van der Waals surface area contributed by atoms with Gasteiger partial charge in [0.2, 0.25) is 0 Å². The lowest BCUT2D eigenvalue weighted by atomic mass is 9.77. The van der Waals surface area contributed by atoms with E-state index in [1.165, 1.54) is 11.1 Å². The van der Waals surface area contributed by atoms with Gasteiger partial charge in [0.05, 0.1) is 6.42 Å². The van der Waals surface area contributed by atoms with Gasteiger partial charge in [-0.15, -0.1) is 0 Å². The van der Waals surface area contributed by atoms with Crippen LogP contribution >= 0.6 is 0 Å². The number of hydrogen-bond acceptors (Lipinski definition) is 1. The molecule has 0 spiro atoms. The van der Waals surface area contributed by atoms with Crippen LogP contribution in [-0.2, 0) is 10.2 Å². The van der Waals surface area contributed by atoms with Crippen molar-refractivity contribution in [2.45, 2.75) is 39.5 Å². The summed E-state index contributed by atoms with van der Waals surface area (Å²) in [5.74, 6) is -0.748. The Bertz CT molecular complexity index is 358. The second kappa shape index (κ2) is 4.05. The molecule has 0 fully saturated rings. The summed E-state index contributed by atoms with van der Waals surface area (Å²) in [5, 5.41) is 8.89. The van der Waals surface area contributed by atoms with Crippen molar-refractivity contribution in [3.05, 3.63) is 34.9 Å². The van der Waals surface area contributed by atoms with Crippen LogP contribution in [0.25, 0.3) is 0 Å². The van der Waals surface area contributed by atoms with Gasteiger partial charge in [-0.3, -0.25) is 4.79 Å². The number of benzene rings is 1. The number of aliphatic carboxylic acids is 1. The summed E-state index contributed by atoms with van der Waals surface area (Å²) in [6.07, 6.45) is 0.165. The minimum Gasteiger partial charge on any atom is -0.481 e. The van der Waals surface area contributed by atoms with Crippen molar-refractivity contribution >= 4 is 5.97 Å². The maximum absolute atomic E-state index is 10.8. The molecule has 1 aromatic rings. The van der Waals surface area contributed by atoms with Gasteiger partial charge in [0.15, 0.2) is 0 Å². The van der Waals surface area contributed by atoms with Crippen molar-refractivity contribution in [1.82, 2.24) is 0 Å². The van der Waals surface area contributed by atoms with Crippen LogP contribution in [-0.4, -0.2) is 11.1 Å². The topological polar surface area (TPSA) is 37.3 Å². The number of carboxylic acids is 1. The monoisotopic (exact) mass is 206 g/mol. The fourth-order valence-corrected chi connectivity index (χ4v) is 2.35. The average Bonchev–Trinajstić information content (AvgIpc) is 1.99. The van der Waals surface area contributed by atoms with Crippen molar-refractivity contribution in [1.29, 1.82) is 0 Å². The van der Waals surface area contributed by atoms with Crippen LogP contribution < -0.4 is 0 Å². The Morgan fingerprint density at radius 2 is 1.73 bits per heavy atom. The van der Waals surface area contributed by atoms with E-state index in [9.17, 15) is 4.79 Å². The first-order valence-electron chi connectivity index (χ1n) is 5.13. The third-order valence-corrected chi connectivity index (χ3v) is 2.75. The lowest BCUT2D eigenvalue weighted by molar-refractivity contribution is -0.138. The minimum atomic E-state index is -0.748. The van der Waals surface area contributed by atoms with Crippen LogP contribution in [0.5, 0.6) is 0 Å². The predicted octanol–water partition coefficient (Wildman–Crippen LogP) is 3.06. The third-order valence-electron chi connectivity index (χ3n) is 2.75. The van der Waals surface area contributed by atoms with Crippen molar-refractivity contribution in [3.63, 3.8) is 0 Å². The molecule has 0 radical (unpaired) electrons. The summed E-state index contributed by atoms with van der Waals surface area (Å²) >= 11 is 0. The summed E-state index contributed by atoms with van der Waals surface area (Å²) in [6, 6.07) is 6.07. The number of carbonyl (C=O) groups is 1. The smallest absolute Gasteiger partial charge is 0.304 e.